The Bertz CT molecular complexity index is 258. The zero-order chi connectivity index (χ0) is 8.81. The quantitative estimate of drug-likeness (QED) is 0.329. The van der Waals surface area contributed by atoms with Gasteiger partial charge in [0, 0.05) is 6.42 Å². The van der Waals surface area contributed by atoms with Gasteiger partial charge in [-0.3, -0.25) is 0 Å². The summed E-state index contributed by atoms with van der Waals surface area (Å²) in [4.78, 5) is 0. The molecule has 1 rings (SSSR count). The summed E-state index contributed by atoms with van der Waals surface area (Å²) in [5.41, 5.74) is 2.14. The molecule has 0 amide bonds. The first-order chi connectivity index (χ1) is 5.83. The SMILES string of the molecule is C/C(Cc1ccccc1)=N/OS. The average molecular weight is 181 g/mol. The van der Waals surface area contributed by atoms with E-state index in [1.807, 2.05) is 25.1 Å². The summed E-state index contributed by atoms with van der Waals surface area (Å²) in [6.07, 6.45) is 0.807. The van der Waals surface area contributed by atoms with Crippen molar-refractivity contribution in [2.75, 3.05) is 0 Å². The van der Waals surface area contributed by atoms with Crippen LogP contribution in [-0.4, -0.2) is 5.71 Å². The van der Waals surface area contributed by atoms with Crippen LogP contribution in [0, 0.1) is 0 Å². The van der Waals surface area contributed by atoms with Crippen LogP contribution in [0.25, 0.3) is 0 Å². The number of benzene rings is 1. The molecule has 0 heterocycles. The third-order valence-corrected chi connectivity index (χ3v) is 1.58. The zero-order valence-electron chi connectivity index (χ0n) is 6.90. The van der Waals surface area contributed by atoms with Gasteiger partial charge >= 0.3 is 0 Å². The van der Waals surface area contributed by atoms with E-state index in [1.54, 1.807) is 0 Å². The zero-order valence-corrected chi connectivity index (χ0v) is 7.79. The van der Waals surface area contributed by atoms with Crippen LogP contribution < -0.4 is 0 Å². The van der Waals surface area contributed by atoms with Gasteiger partial charge in [-0.05, 0) is 12.5 Å². The minimum atomic E-state index is 0.807. The molecule has 0 saturated carbocycles. The number of rotatable bonds is 3. The van der Waals surface area contributed by atoms with Crippen molar-refractivity contribution >= 4 is 18.6 Å². The maximum absolute atomic E-state index is 4.36. The Morgan fingerprint density at radius 3 is 2.67 bits per heavy atom. The maximum atomic E-state index is 4.36. The van der Waals surface area contributed by atoms with Gasteiger partial charge in [0.25, 0.3) is 0 Å². The molecule has 3 heteroatoms. The van der Waals surface area contributed by atoms with Crippen molar-refractivity contribution in [1.82, 2.24) is 0 Å². The highest BCUT2D eigenvalue weighted by molar-refractivity contribution is 7.75. The molecule has 12 heavy (non-hydrogen) atoms. The Morgan fingerprint density at radius 1 is 1.42 bits per heavy atom. The van der Waals surface area contributed by atoms with Crippen LogP contribution in [0.2, 0.25) is 0 Å². The van der Waals surface area contributed by atoms with E-state index in [4.69, 9.17) is 0 Å². The predicted octanol–water partition coefficient (Wildman–Crippen LogP) is 2.47. The van der Waals surface area contributed by atoms with Crippen molar-refractivity contribution in [3.8, 4) is 0 Å². The molecule has 0 aliphatic carbocycles. The molecule has 0 aromatic heterocycles. The van der Waals surface area contributed by atoms with Gasteiger partial charge in [-0.1, -0.05) is 35.5 Å². The highest BCUT2D eigenvalue weighted by Crippen LogP contribution is 2.01. The first-order valence-electron chi connectivity index (χ1n) is 3.71. The molecule has 0 N–H and O–H groups in total. The molecule has 1 aromatic carbocycles. The van der Waals surface area contributed by atoms with Gasteiger partial charge < -0.3 is 4.28 Å². The Morgan fingerprint density at radius 2 is 2.08 bits per heavy atom. The van der Waals surface area contributed by atoms with Crippen molar-refractivity contribution < 1.29 is 4.28 Å². The van der Waals surface area contributed by atoms with Crippen LogP contribution in [-0.2, 0) is 10.7 Å². The molecular formula is C9H11NOS. The fourth-order valence-corrected chi connectivity index (χ4v) is 1.13. The first-order valence-corrected chi connectivity index (χ1v) is 4.07. The van der Waals surface area contributed by atoms with Gasteiger partial charge in [-0.15, -0.1) is 0 Å². The highest BCUT2D eigenvalue weighted by atomic mass is 32.1. The Hall–Kier alpha value is -0.960. The summed E-state index contributed by atoms with van der Waals surface area (Å²) >= 11 is 3.54. The van der Waals surface area contributed by atoms with Gasteiger partial charge in [0.2, 0.25) is 0 Å². The molecule has 0 aliphatic rings. The van der Waals surface area contributed by atoms with E-state index in [0.717, 1.165) is 12.1 Å². The second kappa shape index (κ2) is 4.83. The van der Waals surface area contributed by atoms with Crippen LogP contribution in [0.4, 0.5) is 0 Å². The van der Waals surface area contributed by atoms with E-state index >= 15 is 0 Å². The summed E-state index contributed by atoms with van der Waals surface area (Å²) in [5, 5.41) is 3.70. The third kappa shape index (κ3) is 2.96. The molecule has 0 radical (unpaired) electrons. The molecule has 1 aromatic rings. The van der Waals surface area contributed by atoms with E-state index in [-0.39, 0.29) is 0 Å². The summed E-state index contributed by atoms with van der Waals surface area (Å²) < 4.78 is 4.36. The molecule has 0 spiro atoms. The summed E-state index contributed by atoms with van der Waals surface area (Å²) in [5.74, 6) is 0. The van der Waals surface area contributed by atoms with Gasteiger partial charge in [-0.25, -0.2) is 0 Å². The predicted molar refractivity (Wildman–Crippen MR) is 53.3 cm³/mol. The first kappa shape index (κ1) is 9.13. The number of hydrogen-bond donors (Lipinski definition) is 1. The Labute approximate surface area is 77.9 Å². The monoisotopic (exact) mass is 181 g/mol. The fourth-order valence-electron chi connectivity index (χ4n) is 0.993. The van der Waals surface area contributed by atoms with Crippen LogP contribution in [0.15, 0.2) is 35.5 Å². The number of oxime groups is 1. The number of nitrogens with zero attached hydrogens (tertiary/aromatic N) is 1. The third-order valence-electron chi connectivity index (χ3n) is 1.50. The lowest BCUT2D eigenvalue weighted by Crippen LogP contribution is -1.96. The van der Waals surface area contributed by atoms with E-state index in [0.29, 0.717) is 0 Å². The lowest BCUT2D eigenvalue weighted by Gasteiger charge is -1.98. The Balaban J connectivity index is 2.58. The summed E-state index contributed by atoms with van der Waals surface area (Å²) in [6, 6.07) is 10.1. The smallest absolute Gasteiger partial charge is 0.0715 e. The second-order valence-electron chi connectivity index (χ2n) is 2.57. The fraction of sp³-hybridized carbons (Fsp3) is 0.222. The molecule has 0 bridgehead atoms. The molecule has 0 aliphatic heterocycles. The van der Waals surface area contributed by atoms with Gasteiger partial charge in [0.1, 0.15) is 0 Å². The molecule has 64 valence electrons. The standard InChI is InChI=1S/C9H11NOS/c1-8(10-11-12)7-9-5-3-2-4-6-9/h2-6,12H,7H2,1H3/b10-8-. The largest absolute Gasteiger partial charge is 0.326 e. The lowest BCUT2D eigenvalue weighted by molar-refractivity contribution is 0.412. The van der Waals surface area contributed by atoms with E-state index in [1.165, 1.54) is 5.56 Å². The van der Waals surface area contributed by atoms with Gasteiger partial charge in [0.05, 0.1) is 18.6 Å². The summed E-state index contributed by atoms with van der Waals surface area (Å²) in [6.45, 7) is 1.91. The van der Waals surface area contributed by atoms with Crippen LogP contribution in [0.3, 0.4) is 0 Å². The highest BCUT2D eigenvalue weighted by Gasteiger charge is 1.94. The average Bonchev–Trinajstić information content (AvgIpc) is 2.06. The van der Waals surface area contributed by atoms with Crippen molar-refractivity contribution in [3.63, 3.8) is 0 Å². The molecule has 0 atom stereocenters. The lowest BCUT2D eigenvalue weighted by atomic mass is 10.1. The minimum absolute atomic E-state index is 0.807. The van der Waals surface area contributed by atoms with Crippen molar-refractivity contribution in [2.24, 2.45) is 5.16 Å². The minimum Gasteiger partial charge on any atom is -0.326 e. The van der Waals surface area contributed by atoms with Crippen molar-refractivity contribution in [3.05, 3.63) is 35.9 Å². The normalized spacial score (nSPS) is 11.3. The van der Waals surface area contributed by atoms with E-state index in [9.17, 15) is 0 Å². The number of hydrogen-bond acceptors (Lipinski definition) is 3. The number of thiol groups is 1. The van der Waals surface area contributed by atoms with Gasteiger partial charge in [-0.2, -0.15) is 0 Å². The van der Waals surface area contributed by atoms with Gasteiger partial charge in [0.15, 0.2) is 0 Å². The maximum Gasteiger partial charge on any atom is 0.0715 e. The van der Waals surface area contributed by atoms with Crippen molar-refractivity contribution in [1.29, 1.82) is 0 Å². The van der Waals surface area contributed by atoms with Crippen LogP contribution >= 0.6 is 12.9 Å². The molecule has 0 saturated heterocycles. The van der Waals surface area contributed by atoms with E-state index in [2.05, 4.69) is 34.5 Å². The van der Waals surface area contributed by atoms with Crippen LogP contribution in [0.1, 0.15) is 12.5 Å². The summed E-state index contributed by atoms with van der Waals surface area (Å²) in [7, 11) is 0. The molecule has 0 unspecified atom stereocenters. The van der Waals surface area contributed by atoms with Crippen LogP contribution in [0.5, 0.6) is 0 Å². The molecular weight excluding hydrogens is 170 g/mol. The molecule has 0 fully saturated rings. The Kier molecular flexibility index (Phi) is 3.67. The second-order valence-corrected chi connectivity index (χ2v) is 2.73. The molecule has 2 nitrogen and oxygen atoms in total. The topological polar surface area (TPSA) is 21.6 Å². The van der Waals surface area contributed by atoms with E-state index < -0.39 is 0 Å². The van der Waals surface area contributed by atoms with Crippen molar-refractivity contribution in [2.45, 2.75) is 13.3 Å².